The minimum Gasteiger partial charge on any atom is -0.493 e. The zero-order chi connectivity index (χ0) is 24.0. The molecule has 1 heterocycles. The molecule has 10 heteroatoms. The molecule has 3 aromatic rings. The molecule has 0 saturated heterocycles. The second-order valence-electron chi connectivity index (χ2n) is 7.51. The summed E-state index contributed by atoms with van der Waals surface area (Å²) in [7, 11) is -2.49. The lowest BCUT2D eigenvalue weighted by atomic mass is 10.0. The molecule has 3 rings (SSSR count). The summed E-state index contributed by atoms with van der Waals surface area (Å²) in [5.74, 6) is 0.810. The van der Waals surface area contributed by atoms with Crippen LogP contribution in [0.4, 0.5) is 5.82 Å². The fourth-order valence-corrected chi connectivity index (χ4v) is 3.97. The van der Waals surface area contributed by atoms with Crippen molar-refractivity contribution < 1.29 is 27.7 Å². The minimum atomic E-state index is -3.99. The number of aliphatic hydroxyl groups excluding tert-OH is 1. The van der Waals surface area contributed by atoms with Gasteiger partial charge >= 0.3 is 0 Å². The number of aromatic nitrogens is 2. The van der Waals surface area contributed by atoms with E-state index in [2.05, 4.69) is 14.7 Å². The Morgan fingerprint density at radius 1 is 1.06 bits per heavy atom. The van der Waals surface area contributed by atoms with E-state index in [4.69, 9.17) is 19.3 Å². The van der Waals surface area contributed by atoms with Gasteiger partial charge in [0.15, 0.2) is 17.3 Å². The fraction of sp³-hybridized carbons (Fsp3) is 0.304. The molecule has 2 aromatic carbocycles. The van der Waals surface area contributed by atoms with E-state index in [1.54, 1.807) is 24.3 Å². The molecule has 0 saturated carbocycles. The molecule has 2 N–H and O–H groups in total. The summed E-state index contributed by atoms with van der Waals surface area (Å²) in [6.07, 6.45) is 1.14. The van der Waals surface area contributed by atoms with Crippen molar-refractivity contribution in [2.75, 3.05) is 25.0 Å². The Kier molecular flexibility index (Phi) is 7.72. The molecular formula is C23H27N3O6S. The molecule has 0 radical (unpaired) electrons. The highest BCUT2D eigenvalue weighted by Crippen LogP contribution is 2.40. The number of ether oxygens (including phenoxy) is 3. The Balaban J connectivity index is 2.01. The number of anilines is 1. The molecule has 176 valence electrons. The largest absolute Gasteiger partial charge is 0.493 e. The Hall–Kier alpha value is -3.37. The number of hydrogen-bond acceptors (Lipinski definition) is 8. The molecule has 0 aliphatic carbocycles. The average molecular weight is 474 g/mol. The Bertz CT molecular complexity index is 1200. The van der Waals surface area contributed by atoms with Crippen LogP contribution in [0.1, 0.15) is 30.9 Å². The van der Waals surface area contributed by atoms with E-state index in [0.29, 0.717) is 11.5 Å². The minimum absolute atomic E-state index is 0.0328. The van der Waals surface area contributed by atoms with Crippen LogP contribution in [0.25, 0.3) is 0 Å². The molecule has 0 fully saturated rings. The predicted molar refractivity (Wildman–Crippen MR) is 124 cm³/mol. The SMILES string of the molecule is COc1cc(C)ccc1Oc1c(NS(=O)(=O)c2ccc(C(C)C)cc2)ncnc1OCCO. The third kappa shape index (κ3) is 5.91. The second-order valence-corrected chi connectivity index (χ2v) is 9.20. The molecular weight excluding hydrogens is 446 g/mol. The first-order valence-electron chi connectivity index (χ1n) is 10.3. The Morgan fingerprint density at radius 2 is 1.79 bits per heavy atom. The smallest absolute Gasteiger partial charge is 0.263 e. The molecule has 0 unspecified atom stereocenters. The number of methoxy groups -OCH3 is 1. The zero-order valence-corrected chi connectivity index (χ0v) is 19.7. The number of nitrogens with zero attached hydrogens (tertiary/aromatic N) is 2. The van der Waals surface area contributed by atoms with Gasteiger partial charge in [-0.3, -0.25) is 4.72 Å². The lowest BCUT2D eigenvalue weighted by Gasteiger charge is -2.17. The number of aryl methyl sites for hydroxylation is 1. The number of sulfonamides is 1. The third-order valence-electron chi connectivity index (χ3n) is 4.72. The van der Waals surface area contributed by atoms with Crippen molar-refractivity contribution >= 4 is 15.8 Å². The third-order valence-corrected chi connectivity index (χ3v) is 6.08. The van der Waals surface area contributed by atoms with Gasteiger partial charge in [-0.1, -0.05) is 32.0 Å². The van der Waals surface area contributed by atoms with Gasteiger partial charge < -0.3 is 19.3 Å². The normalized spacial score (nSPS) is 11.3. The maximum Gasteiger partial charge on any atom is 0.263 e. The first-order valence-corrected chi connectivity index (χ1v) is 11.8. The summed E-state index contributed by atoms with van der Waals surface area (Å²) in [6.45, 7) is 5.62. The van der Waals surface area contributed by atoms with Crippen LogP contribution in [0, 0.1) is 6.92 Å². The van der Waals surface area contributed by atoms with Gasteiger partial charge in [0.2, 0.25) is 5.75 Å². The van der Waals surface area contributed by atoms with Crippen LogP contribution >= 0.6 is 0 Å². The van der Waals surface area contributed by atoms with Gasteiger partial charge in [0, 0.05) is 0 Å². The van der Waals surface area contributed by atoms with Gasteiger partial charge in [-0.25, -0.2) is 13.4 Å². The van der Waals surface area contributed by atoms with Crippen LogP contribution in [0.2, 0.25) is 0 Å². The van der Waals surface area contributed by atoms with Crippen molar-refractivity contribution in [3.8, 4) is 23.1 Å². The first kappa shape index (κ1) is 24.3. The monoisotopic (exact) mass is 473 g/mol. The summed E-state index contributed by atoms with van der Waals surface area (Å²) >= 11 is 0. The van der Waals surface area contributed by atoms with Crippen molar-refractivity contribution in [3.63, 3.8) is 0 Å². The van der Waals surface area contributed by atoms with E-state index in [-0.39, 0.29) is 41.5 Å². The van der Waals surface area contributed by atoms with Crippen molar-refractivity contribution in [1.29, 1.82) is 0 Å². The summed E-state index contributed by atoms with van der Waals surface area (Å²) in [5, 5.41) is 9.15. The maximum absolute atomic E-state index is 13.0. The molecule has 0 amide bonds. The lowest BCUT2D eigenvalue weighted by Crippen LogP contribution is -2.16. The van der Waals surface area contributed by atoms with Crippen molar-refractivity contribution in [2.45, 2.75) is 31.6 Å². The summed E-state index contributed by atoms with van der Waals surface area (Å²) in [5.41, 5.74) is 1.97. The number of nitrogens with one attached hydrogen (secondary N) is 1. The van der Waals surface area contributed by atoms with Crippen LogP contribution in [0.15, 0.2) is 53.7 Å². The lowest BCUT2D eigenvalue weighted by molar-refractivity contribution is 0.192. The summed E-state index contributed by atoms with van der Waals surface area (Å²) in [4.78, 5) is 8.17. The molecule has 1 aromatic heterocycles. The molecule has 0 aliphatic heterocycles. The van der Waals surface area contributed by atoms with Gasteiger partial charge in [0.05, 0.1) is 18.6 Å². The quantitative estimate of drug-likeness (QED) is 0.455. The van der Waals surface area contributed by atoms with Crippen LogP contribution in [0.5, 0.6) is 23.1 Å². The molecule has 33 heavy (non-hydrogen) atoms. The molecule has 9 nitrogen and oxygen atoms in total. The first-order chi connectivity index (χ1) is 15.7. The van der Waals surface area contributed by atoms with Crippen LogP contribution < -0.4 is 18.9 Å². The molecule has 0 spiro atoms. The van der Waals surface area contributed by atoms with Crippen molar-refractivity contribution in [3.05, 3.63) is 59.9 Å². The number of aliphatic hydroxyl groups is 1. The molecule has 0 atom stereocenters. The predicted octanol–water partition coefficient (Wildman–Crippen LogP) is 3.88. The highest BCUT2D eigenvalue weighted by molar-refractivity contribution is 7.92. The van der Waals surface area contributed by atoms with E-state index in [1.165, 1.54) is 19.2 Å². The van der Waals surface area contributed by atoms with Gasteiger partial charge in [-0.15, -0.1) is 0 Å². The summed E-state index contributed by atoms with van der Waals surface area (Å²) < 4.78 is 45.3. The van der Waals surface area contributed by atoms with Crippen LogP contribution in [-0.4, -0.2) is 43.8 Å². The van der Waals surface area contributed by atoms with E-state index in [1.807, 2.05) is 26.8 Å². The highest BCUT2D eigenvalue weighted by Gasteiger charge is 2.23. The van der Waals surface area contributed by atoms with Crippen LogP contribution in [0.3, 0.4) is 0 Å². The average Bonchev–Trinajstić information content (AvgIpc) is 2.80. The number of rotatable bonds is 10. The van der Waals surface area contributed by atoms with Gasteiger partial charge in [0.25, 0.3) is 15.9 Å². The standard InChI is InChI=1S/C23H27N3O6S/c1-15(2)17-6-8-18(9-7-17)33(28,29)26-22-21(23(25-14-24-22)31-12-11-27)32-19-10-5-16(3)13-20(19)30-4/h5-10,13-15,27H,11-12H2,1-4H3,(H,24,25,26). The zero-order valence-electron chi connectivity index (χ0n) is 18.9. The molecule has 0 bridgehead atoms. The van der Waals surface area contributed by atoms with E-state index in [0.717, 1.165) is 17.5 Å². The van der Waals surface area contributed by atoms with Gasteiger partial charge in [0.1, 0.15) is 12.9 Å². The van der Waals surface area contributed by atoms with E-state index >= 15 is 0 Å². The highest BCUT2D eigenvalue weighted by atomic mass is 32.2. The van der Waals surface area contributed by atoms with Crippen LogP contribution in [-0.2, 0) is 10.0 Å². The van der Waals surface area contributed by atoms with Gasteiger partial charge in [-0.05, 0) is 48.2 Å². The maximum atomic E-state index is 13.0. The fourth-order valence-electron chi connectivity index (χ4n) is 2.95. The second kappa shape index (κ2) is 10.5. The summed E-state index contributed by atoms with van der Waals surface area (Å²) in [6, 6.07) is 11.9. The number of benzene rings is 2. The van der Waals surface area contributed by atoms with Crippen molar-refractivity contribution in [1.82, 2.24) is 9.97 Å². The van der Waals surface area contributed by atoms with E-state index < -0.39 is 10.0 Å². The van der Waals surface area contributed by atoms with Crippen molar-refractivity contribution in [2.24, 2.45) is 0 Å². The Labute approximate surface area is 193 Å². The Morgan fingerprint density at radius 3 is 2.42 bits per heavy atom. The topological polar surface area (TPSA) is 120 Å². The van der Waals surface area contributed by atoms with E-state index in [9.17, 15) is 8.42 Å². The van der Waals surface area contributed by atoms with Gasteiger partial charge in [-0.2, -0.15) is 4.98 Å². The number of hydrogen-bond donors (Lipinski definition) is 2. The molecule has 0 aliphatic rings.